The molecule has 1 amide bonds. The third-order valence-corrected chi connectivity index (χ3v) is 5.79. The number of amides is 1. The molecule has 3 aromatic rings. The second-order valence-corrected chi connectivity index (χ2v) is 8.49. The Morgan fingerprint density at radius 1 is 1.06 bits per heavy atom. The van der Waals surface area contributed by atoms with Crippen molar-refractivity contribution in [1.82, 2.24) is 19.4 Å². The number of esters is 1. The van der Waals surface area contributed by atoms with Crippen LogP contribution >= 0.6 is 0 Å². The minimum atomic E-state index is -0.320. The van der Waals surface area contributed by atoms with Crippen molar-refractivity contribution in [2.24, 2.45) is 0 Å². The van der Waals surface area contributed by atoms with Crippen molar-refractivity contribution >= 4 is 22.9 Å². The van der Waals surface area contributed by atoms with Gasteiger partial charge >= 0.3 is 5.97 Å². The van der Waals surface area contributed by atoms with E-state index in [1.807, 2.05) is 61.2 Å². The number of likely N-dealkylation sites (N-methyl/N-ethyl adjacent to an activating group) is 1. The Bertz CT molecular complexity index is 1130. The van der Waals surface area contributed by atoms with Crippen molar-refractivity contribution < 1.29 is 19.1 Å². The first-order valence-electron chi connectivity index (χ1n) is 11.2. The van der Waals surface area contributed by atoms with Gasteiger partial charge in [0.1, 0.15) is 12.4 Å². The van der Waals surface area contributed by atoms with Gasteiger partial charge in [-0.05, 0) is 56.9 Å². The minimum Gasteiger partial charge on any atom is -0.461 e. The molecule has 1 aromatic heterocycles. The van der Waals surface area contributed by atoms with Gasteiger partial charge in [0.2, 0.25) is 0 Å². The molecule has 0 saturated carbocycles. The van der Waals surface area contributed by atoms with Crippen molar-refractivity contribution in [3.63, 3.8) is 0 Å². The Morgan fingerprint density at radius 3 is 2.45 bits per heavy atom. The van der Waals surface area contributed by atoms with Crippen LogP contribution in [0.25, 0.3) is 11.0 Å². The molecule has 2 heterocycles. The third kappa shape index (κ3) is 5.40. The SMILES string of the molecule is Cc1nc2ccc(C(=O)N3CCOCC3)cc2n1Cc1ccc(C(=O)OCCN(C)C)cc1. The van der Waals surface area contributed by atoms with Crippen LogP contribution in [0.3, 0.4) is 0 Å². The van der Waals surface area contributed by atoms with Crippen LogP contribution in [0.1, 0.15) is 32.1 Å². The fourth-order valence-electron chi connectivity index (χ4n) is 3.86. The zero-order chi connectivity index (χ0) is 23.4. The van der Waals surface area contributed by atoms with Crippen molar-refractivity contribution in [2.45, 2.75) is 13.5 Å². The van der Waals surface area contributed by atoms with Crippen LogP contribution < -0.4 is 0 Å². The van der Waals surface area contributed by atoms with Gasteiger partial charge in [0.15, 0.2) is 0 Å². The van der Waals surface area contributed by atoms with E-state index in [1.165, 1.54) is 0 Å². The van der Waals surface area contributed by atoms with E-state index in [0.29, 0.717) is 57.1 Å². The molecule has 0 aliphatic carbocycles. The fraction of sp³-hybridized carbons (Fsp3) is 0.400. The Labute approximate surface area is 193 Å². The quantitative estimate of drug-likeness (QED) is 0.515. The number of carbonyl (C=O) groups is 2. The number of hydrogen-bond acceptors (Lipinski definition) is 6. The summed E-state index contributed by atoms with van der Waals surface area (Å²) < 4.78 is 12.8. The number of hydrogen-bond donors (Lipinski definition) is 0. The number of aryl methyl sites for hydroxylation is 1. The zero-order valence-electron chi connectivity index (χ0n) is 19.4. The van der Waals surface area contributed by atoms with Gasteiger partial charge in [0.25, 0.3) is 5.91 Å². The summed E-state index contributed by atoms with van der Waals surface area (Å²) >= 11 is 0. The van der Waals surface area contributed by atoms with Gasteiger partial charge in [0.05, 0.1) is 29.8 Å². The Kier molecular flexibility index (Phi) is 7.05. The summed E-state index contributed by atoms with van der Waals surface area (Å²) in [5.74, 6) is 0.565. The summed E-state index contributed by atoms with van der Waals surface area (Å²) in [6.07, 6.45) is 0. The molecular weight excluding hydrogens is 420 g/mol. The van der Waals surface area contributed by atoms with Crippen LogP contribution in [0, 0.1) is 6.92 Å². The molecule has 0 atom stereocenters. The predicted molar refractivity (Wildman–Crippen MR) is 126 cm³/mol. The van der Waals surface area contributed by atoms with Crippen LogP contribution in [0.15, 0.2) is 42.5 Å². The summed E-state index contributed by atoms with van der Waals surface area (Å²) in [6, 6.07) is 13.1. The van der Waals surface area contributed by atoms with E-state index in [2.05, 4.69) is 9.55 Å². The lowest BCUT2D eigenvalue weighted by atomic mass is 10.1. The largest absolute Gasteiger partial charge is 0.461 e. The van der Waals surface area contributed by atoms with Crippen molar-refractivity contribution in [1.29, 1.82) is 0 Å². The van der Waals surface area contributed by atoms with E-state index in [-0.39, 0.29) is 11.9 Å². The molecule has 0 radical (unpaired) electrons. The number of carbonyl (C=O) groups excluding carboxylic acids is 2. The number of benzene rings is 2. The standard InChI is InChI=1S/C25H30N4O4/c1-18-26-22-9-8-21(24(30)28-11-13-32-14-12-28)16-23(22)29(18)17-19-4-6-20(7-5-19)25(31)33-15-10-27(2)3/h4-9,16H,10-15,17H2,1-3H3. The molecule has 8 nitrogen and oxygen atoms in total. The second kappa shape index (κ2) is 10.1. The first kappa shape index (κ1) is 22.9. The van der Waals surface area contributed by atoms with Crippen LogP contribution in [-0.2, 0) is 16.0 Å². The molecule has 1 fully saturated rings. The van der Waals surface area contributed by atoms with Gasteiger partial charge in [-0.2, -0.15) is 0 Å². The molecule has 0 bridgehead atoms. The van der Waals surface area contributed by atoms with Gasteiger partial charge < -0.3 is 23.8 Å². The summed E-state index contributed by atoms with van der Waals surface area (Å²) in [5, 5.41) is 0. The van der Waals surface area contributed by atoms with Gasteiger partial charge in [-0.1, -0.05) is 12.1 Å². The highest BCUT2D eigenvalue weighted by molar-refractivity contribution is 5.97. The Morgan fingerprint density at radius 2 is 1.76 bits per heavy atom. The highest BCUT2D eigenvalue weighted by atomic mass is 16.5. The van der Waals surface area contributed by atoms with Gasteiger partial charge in [-0.15, -0.1) is 0 Å². The summed E-state index contributed by atoms with van der Waals surface area (Å²) in [5.41, 5.74) is 3.99. The molecule has 33 heavy (non-hydrogen) atoms. The fourth-order valence-corrected chi connectivity index (χ4v) is 3.86. The molecule has 1 aliphatic rings. The van der Waals surface area contributed by atoms with E-state index in [0.717, 1.165) is 22.4 Å². The molecule has 1 aliphatic heterocycles. The number of morpholine rings is 1. The highest BCUT2D eigenvalue weighted by Gasteiger charge is 2.20. The molecule has 8 heteroatoms. The lowest BCUT2D eigenvalue weighted by Gasteiger charge is -2.26. The molecule has 174 valence electrons. The van der Waals surface area contributed by atoms with E-state index >= 15 is 0 Å². The topological polar surface area (TPSA) is 76.9 Å². The van der Waals surface area contributed by atoms with Crippen LogP contribution in [-0.4, -0.2) is 84.8 Å². The number of rotatable bonds is 7. The Balaban J connectivity index is 1.50. The average molecular weight is 451 g/mol. The Hall–Kier alpha value is -3.23. The summed E-state index contributed by atoms with van der Waals surface area (Å²) in [6.45, 7) is 5.96. The molecule has 0 unspecified atom stereocenters. The number of aromatic nitrogens is 2. The van der Waals surface area contributed by atoms with E-state index in [1.54, 1.807) is 12.1 Å². The monoisotopic (exact) mass is 450 g/mol. The second-order valence-electron chi connectivity index (χ2n) is 8.49. The van der Waals surface area contributed by atoms with Crippen molar-refractivity contribution in [2.75, 3.05) is 53.6 Å². The zero-order valence-corrected chi connectivity index (χ0v) is 19.4. The van der Waals surface area contributed by atoms with Crippen molar-refractivity contribution in [3.05, 3.63) is 65.0 Å². The van der Waals surface area contributed by atoms with Gasteiger partial charge in [0, 0.05) is 31.7 Å². The summed E-state index contributed by atoms with van der Waals surface area (Å²) in [4.78, 5) is 33.6. The average Bonchev–Trinajstić information content (AvgIpc) is 3.13. The number of imidazole rings is 1. The van der Waals surface area contributed by atoms with Crippen LogP contribution in [0.5, 0.6) is 0 Å². The number of nitrogens with zero attached hydrogens (tertiary/aromatic N) is 4. The molecule has 1 saturated heterocycles. The molecule has 4 rings (SSSR count). The first-order chi connectivity index (χ1) is 15.9. The van der Waals surface area contributed by atoms with E-state index < -0.39 is 0 Å². The lowest BCUT2D eigenvalue weighted by molar-refractivity contribution is 0.0303. The molecule has 2 aromatic carbocycles. The predicted octanol–water partition coefficient (Wildman–Crippen LogP) is 2.58. The van der Waals surface area contributed by atoms with E-state index in [9.17, 15) is 9.59 Å². The molecular formula is C25H30N4O4. The first-order valence-corrected chi connectivity index (χ1v) is 11.2. The normalized spacial score (nSPS) is 14.1. The molecule has 0 N–H and O–H groups in total. The van der Waals surface area contributed by atoms with Crippen LogP contribution in [0.4, 0.5) is 0 Å². The highest BCUT2D eigenvalue weighted by Crippen LogP contribution is 2.21. The van der Waals surface area contributed by atoms with Crippen LogP contribution in [0.2, 0.25) is 0 Å². The third-order valence-electron chi connectivity index (χ3n) is 5.79. The number of fused-ring (bicyclic) bond motifs is 1. The van der Waals surface area contributed by atoms with Gasteiger partial charge in [-0.25, -0.2) is 9.78 Å². The summed E-state index contributed by atoms with van der Waals surface area (Å²) in [7, 11) is 3.87. The van der Waals surface area contributed by atoms with E-state index in [4.69, 9.17) is 9.47 Å². The smallest absolute Gasteiger partial charge is 0.338 e. The minimum absolute atomic E-state index is 0.0164. The maximum absolute atomic E-state index is 12.9. The maximum Gasteiger partial charge on any atom is 0.338 e. The maximum atomic E-state index is 12.9. The molecule has 0 spiro atoms. The van der Waals surface area contributed by atoms with Gasteiger partial charge in [-0.3, -0.25) is 4.79 Å². The lowest BCUT2D eigenvalue weighted by Crippen LogP contribution is -2.40. The number of ether oxygens (including phenoxy) is 2. The van der Waals surface area contributed by atoms with Crippen molar-refractivity contribution in [3.8, 4) is 0 Å².